The van der Waals surface area contributed by atoms with Crippen LogP contribution in [-0.2, 0) is 20.9 Å². The van der Waals surface area contributed by atoms with Gasteiger partial charge in [-0.25, -0.2) is 4.39 Å². The predicted molar refractivity (Wildman–Crippen MR) is 109 cm³/mol. The Bertz CT molecular complexity index is 692. The molecule has 0 bridgehead atoms. The van der Waals surface area contributed by atoms with Crippen molar-refractivity contribution >= 4 is 11.8 Å². The van der Waals surface area contributed by atoms with Crippen LogP contribution in [0.15, 0.2) is 24.3 Å². The number of carbonyl (C=O) groups excluding carboxylic acids is 2. The number of nitrogens with zero attached hydrogens (tertiary/aromatic N) is 2. The summed E-state index contributed by atoms with van der Waals surface area (Å²) in [5.41, 5.74) is 0.814. The highest BCUT2D eigenvalue weighted by atomic mass is 19.1. The molecule has 2 amide bonds. The van der Waals surface area contributed by atoms with Crippen LogP contribution < -0.4 is 5.32 Å². The number of piperazine rings is 1. The van der Waals surface area contributed by atoms with E-state index in [1.54, 1.807) is 13.2 Å². The van der Waals surface area contributed by atoms with Gasteiger partial charge >= 0.3 is 0 Å². The Kier molecular flexibility index (Phi) is 8.00. The summed E-state index contributed by atoms with van der Waals surface area (Å²) in [7, 11) is 1.72. The van der Waals surface area contributed by atoms with E-state index in [0.717, 1.165) is 50.9 Å². The summed E-state index contributed by atoms with van der Waals surface area (Å²) in [6.45, 7) is 3.97. The lowest BCUT2D eigenvalue weighted by molar-refractivity contribution is -0.140. The number of halogens is 1. The van der Waals surface area contributed by atoms with Crippen molar-refractivity contribution < 1.29 is 18.7 Å². The van der Waals surface area contributed by atoms with Gasteiger partial charge in [-0.2, -0.15) is 0 Å². The molecule has 6 nitrogen and oxygen atoms in total. The van der Waals surface area contributed by atoms with Gasteiger partial charge in [0.2, 0.25) is 11.8 Å². The fourth-order valence-corrected chi connectivity index (χ4v) is 4.32. The third-order valence-electron chi connectivity index (χ3n) is 6.01. The summed E-state index contributed by atoms with van der Waals surface area (Å²) >= 11 is 0. The Labute approximate surface area is 172 Å². The second-order valence-electron chi connectivity index (χ2n) is 8.07. The van der Waals surface area contributed by atoms with Gasteiger partial charge in [0.15, 0.2) is 0 Å². The van der Waals surface area contributed by atoms with Gasteiger partial charge in [-0.3, -0.25) is 14.5 Å². The molecule has 2 saturated heterocycles. The number of likely N-dealkylation sites (tertiary alicyclic amines) is 1. The lowest BCUT2D eigenvalue weighted by atomic mass is 9.92. The van der Waals surface area contributed by atoms with Crippen LogP contribution in [0.5, 0.6) is 0 Å². The Balaban J connectivity index is 1.53. The molecule has 0 spiro atoms. The molecule has 1 aromatic carbocycles. The number of hydrogen-bond acceptors (Lipinski definition) is 4. The van der Waals surface area contributed by atoms with Crippen LogP contribution >= 0.6 is 0 Å². The maximum absolute atomic E-state index is 13.5. The zero-order chi connectivity index (χ0) is 20.6. The number of nitrogens with one attached hydrogen (secondary N) is 1. The van der Waals surface area contributed by atoms with Gasteiger partial charge in [-0.15, -0.1) is 0 Å². The molecule has 2 aliphatic heterocycles. The molecule has 0 unspecified atom stereocenters. The predicted octanol–water partition coefficient (Wildman–Crippen LogP) is 2.18. The second-order valence-corrected chi connectivity index (χ2v) is 8.07. The molecular weight excluding hydrogens is 373 g/mol. The van der Waals surface area contributed by atoms with Gasteiger partial charge in [0, 0.05) is 46.4 Å². The average Bonchev–Trinajstić information content (AvgIpc) is 2.71. The molecule has 0 radical (unpaired) electrons. The lowest BCUT2D eigenvalue weighted by Gasteiger charge is -2.37. The number of hydrogen-bond donors (Lipinski definition) is 1. The number of piperidine rings is 1. The molecule has 1 aromatic rings. The first-order valence-electron chi connectivity index (χ1n) is 10.6. The van der Waals surface area contributed by atoms with Crippen LogP contribution in [0.3, 0.4) is 0 Å². The molecule has 3 rings (SSSR count). The summed E-state index contributed by atoms with van der Waals surface area (Å²) < 4.78 is 18.6. The van der Waals surface area contributed by atoms with Crippen LogP contribution in [0.25, 0.3) is 0 Å². The highest BCUT2D eigenvalue weighted by Gasteiger charge is 2.33. The molecule has 1 atom stereocenters. The van der Waals surface area contributed by atoms with E-state index < -0.39 is 6.04 Å². The van der Waals surface area contributed by atoms with Crippen molar-refractivity contribution in [2.45, 2.75) is 44.7 Å². The van der Waals surface area contributed by atoms with E-state index in [1.807, 2.05) is 15.9 Å². The molecule has 0 aliphatic carbocycles. The van der Waals surface area contributed by atoms with Gasteiger partial charge in [-0.05, 0) is 49.3 Å². The first-order valence-corrected chi connectivity index (χ1v) is 10.6. The first kappa shape index (κ1) is 21.7. The monoisotopic (exact) mass is 405 g/mol. The van der Waals surface area contributed by atoms with Crippen molar-refractivity contribution in [2.75, 3.05) is 39.9 Å². The van der Waals surface area contributed by atoms with Crippen LogP contribution in [0.1, 0.15) is 37.7 Å². The lowest BCUT2D eigenvalue weighted by Crippen LogP contribution is -2.56. The van der Waals surface area contributed by atoms with Gasteiger partial charge in [0.1, 0.15) is 5.82 Å². The molecule has 2 fully saturated rings. The highest BCUT2D eigenvalue weighted by molar-refractivity contribution is 5.88. The molecule has 29 heavy (non-hydrogen) atoms. The SMILES string of the molecule is COCCCC1CCN(C(=O)C[C@@H]2C(=O)NCCN2Cc2cccc(F)c2)CC1. The van der Waals surface area contributed by atoms with Gasteiger partial charge in [0.05, 0.1) is 12.5 Å². The van der Waals surface area contributed by atoms with E-state index in [2.05, 4.69) is 5.32 Å². The summed E-state index contributed by atoms with van der Waals surface area (Å²) in [5, 5.41) is 2.87. The molecule has 2 heterocycles. The Morgan fingerprint density at radius 3 is 2.79 bits per heavy atom. The van der Waals surface area contributed by atoms with Crippen LogP contribution in [0.2, 0.25) is 0 Å². The van der Waals surface area contributed by atoms with Crippen molar-refractivity contribution in [1.29, 1.82) is 0 Å². The number of methoxy groups -OCH3 is 1. The zero-order valence-electron chi connectivity index (χ0n) is 17.2. The Hall–Kier alpha value is -1.99. The quantitative estimate of drug-likeness (QED) is 0.674. The maximum Gasteiger partial charge on any atom is 0.237 e. The van der Waals surface area contributed by atoms with E-state index >= 15 is 0 Å². The summed E-state index contributed by atoms with van der Waals surface area (Å²) in [4.78, 5) is 29.2. The van der Waals surface area contributed by atoms with Gasteiger partial charge in [-0.1, -0.05) is 12.1 Å². The zero-order valence-corrected chi connectivity index (χ0v) is 17.2. The van der Waals surface area contributed by atoms with Crippen molar-refractivity contribution in [3.63, 3.8) is 0 Å². The molecule has 0 saturated carbocycles. The Morgan fingerprint density at radius 1 is 1.28 bits per heavy atom. The minimum absolute atomic E-state index is 0.0339. The largest absolute Gasteiger partial charge is 0.385 e. The third kappa shape index (κ3) is 6.24. The van der Waals surface area contributed by atoms with Crippen molar-refractivity contribution in [3.05, 3.63) is 35.6 Å². The van der Waals surface area contributed by atoms with Crippen LogP contribution in [0.4, 0.5) is 4.39 Å². The van der Waals surface area contributed by atoms with E-state index in [9.17, 15) is 14.0 Å². The molecule has 2 aliphatic rings. The summed E-state index contributed by atoms with van der Waals surface area (Å²) in [5.74, 6) is 0.281. The van der Waals surface area contributed by atoms with E-state index in [-0.39, 0.29) is 24.1 Å². The Morgan fingerprint density at radius 2 is 2.07 bits per heavy atom. The fourth-order valence-electron chi connectivity index (χ4n) is 4.32. The molecule has 1 N–H and O–H groups in total. The standard InChI is InChI=1S/C22H32FN3O3/c1-29-13-3-5-17-7-10-25(11-8-17)21(27)15-20-22(28)24-9-12-26(20)16-18-4-2-6-19(23)14-18/h2,4,6,14,17,20H,3,5,7-13,15-16H2,1H3,(H,24,28)/t20-/m1/s1. The van der Waals surface area contributed by atoms with E-state index in [1.165, 1.54) is 12.1 Å². The second kappa shape index (κ2) is 10.7. The number of amides is 2. The third-order valence-corrected chi connectivity index (χ3v) is 6.01. The number of ether oxygens (including phenoxy) is 1. The molecule has 7 heteroatoms. The summed E-state index contributed by atoms with van der Waals surface area (Å²) in [6.07, 6.45) is 4.41. The first-order chi connectivity index (χ1) is 14.1. The minimum atomic E-state index is -0.501. The van der Waals surface area contributed by atoms with Crippen molar-refractivity contribution in [3.8, 4) is 0 Å². The van der Waals surface area contributed by atoms with Crippen LogP contribution in [-0.4, -0.2) is 67.6 Å². The maximum atomic E-state index is 13.5. The fraction of sp³-hybridized carbons (Fsp3) is 0.636. The molecule has 0 aromatic heterocycles. The normalized spacial score (nSPS) is 21.2. The number of carbonyl (C=O) groups is 2. The average molecular weight is 406 g/mol. The van der Waals surface area contributed by atoms with Crippen LogP contribution in [0, 0.1) is 11.7 Å². The topological polar surface area (TPSA) is 61.9 Å². The van der Waals surface area contributed by atoms with Crippen molar-refractivity contribution in [1.82, 2.24) is 15.1 Å². The van der Waals surface area contributed by atoms with E-state index in [4.69, 9.17) is 4.74 Å². The smallest absolute Gasteiger partial charge is 0.237 e. The van der Waals surface area contributed by atoms with Gasteiger partial charge in [0.25, 0.3) is 0 Å². The summed E-state index contributed by atoms with van der Waals surface area (Å²) in [6, 6.07) is 5.92. The van der Waals surface area contributed by atoms with Gasteiger partial charge < -0.3 is 15.0 Å². The minimum Gasteiger partial charge on any atom is -0.385 e. The van der Waals surface area contributed by atoms with Crippen molar-refractivity contribution in [2.24, 2.45) is 5.92 Å². The number of benzene rings is 1. The highest BCUT2D eigenvalue weighted by Crippen LogP contribution is 2.23. The number of rotatable bonds is 8. The molecular formula is C22H32FN3O3. The van der Waals surface area contributed by atoms with E-state index in [0.29, 0.717) is 25.6 Å². The molecule has 160 valence electrons.